The molecule has 2 N–H and O–H groups in total. The predicted molar refractivity (Wildman–Crippen MR) is 88.7 cm³/mol. The second-order valence-corrected chi connectivity index (χ2v) is 6.43. The molecule has 2 aliphatic rings. The Morgan fingerprint density at radius 3 is 2.36 bits per heavy atom. The molecule has 0 aromatic carbocycles. The summed E-state index contributed by atoms with van der Waals surface area (Å²) in [7, 11) is 0. The van der Waals surface area contributed by atoms with Crippen molar-refractivity contribution in [1.29, 1.82) is 0 Å². The van der Waals surface area contributed by atoms with Crippen LogP contribution in [0.1, 0.15) is 41.7 Å². The number of nitrogens with zero attached hydrogens (tertiary/aromatic N) is 1. The van der Waals surface area contributed by atoms with Crippen LogP contribution in [0.3, 0.4) is 0 Å². The minimum absolute atomic E-state index is 0. The molecule has 0 atom stereocenters. The number of amides is 1. The molecule has 1 aromatic rings. The first-order chi connectivity index (χ1) is 10.1. The second-order valence-electron chi connectivity index (χ2n) is 6.43. The number of aromatic nitrogens is 1. The van der Waals surface area contributed by atoms with Crippen LogP contribution in [0.2, 0.25) is 0 Å². The van der Waals surface area contributed by atoms with Gasteiger partial charge in [-0.2, -0.15) is 0 Å². The number of pyridine rings is 1. The molecule has 1 spiro atoms. The molecule has 0 radical (unpaired) electrons. The van der Waals surface area contributed by atoms with Crippen LogP contribution in [0.25, 0.3) is 0 Å². The predicted octanol–water partition coefficient (Wildman–Crippen LogP) is 1.71. The Balaban J connectivity index is 0.00000176. The number of nitrogens with one attached hydrogen (secondary N) is 2. The summed E-state index contributed by atoms with van der Waals surface area (Å²) in [6.07, 6.45) is 4.54. The second kappa shape index (κ2) is 6.84. The Morgan fingerprint density at radius 1 is 1.14 bits per heavy atom. The van der Waals surface area contributed by atoms with Gasteiger partial charge in [0.25, 0.3) is 11.5 Å². The zero-order valence-corrected chi connectivity index (χ0v) is 13.8. The molecule has 5 nitrogen and oxygen atoms in total. The number of carbonyl (C=O) groups excluding carboxylic acids is 1. The van der Waals surface area contributed by atoms with Crippen molar-refractivity contribution in [2.75, 3.05) is 26.2 Å². The zero-order chi connectivity index (χ0) is 14.9. The highest BCUT2D eigenvalue weighted by atomic mass is 35.5. The fourth-order valence-corrected chi connectivity index (χ4v) is 3.55. The fourth-order valence-electron chi connectivity index (χ4n) is 3.55. The molecule has 6 heteroatoms. The summed E-state index contributed by atoms with van der Waals surface area (Å²) in [5, 5.41) is 3.40. The zero-order valence-electron chi connectivity index (χ0n) is 13.0. The largest absolute Gasteiger partial charge is 0.338 e. The summed E-state index contributed by atoms with van der Waals surface area (Å²) < 4.78 is 0. The average molecular weight is 326 g/mol. The van der Waals surface area contributed by atoms with E-state index in [1.165, 1.54) is 12.8 Å². The molecule has 2 saturated heterocycles. The van der Waals surface area contributed by atoms with Crippen LogP contribution in [0.15, 0.2) is 16.9 Å². The summed E-state index contributed by atoms with van der Waals surface area (Å²) in [4.78, 5) is 28.9. The number of hydrogen-bond acceptors (Lipinski definition) is 3. The number of carbonyl (C=O) groups is 1. The summed E-state index contributed by atoms with van der Waals surface area (Å²) in [5.41, 5.74) is 1.19. The third-order valence-corrected chi connectivity index (χ3v) is 5.06. The summed E-state index contributed by atoms with van der Waals surface area (Å²) in [5.74, 6) is -0.125. The molecule has 0 aliphatic carbocycles. The van der Waals surface area contributed by atoms with Gasteiger partial charge in [-0.25, -0.2) is 0 Å². The Morgan fingerprint density at radius 2 is 1.77 bits per heavy atom. The van der Waals surface area contributed by atoms with Gasteiger partial charge >= 0.3 is 0 Å². The Kier molecular flexibility index (Phi) is 5.29. The van der Waals surface area contributed by atoms with E-state index >= 15 is 0 Å². The number of aryl methyl sites for hydroxylation is 1. The van der Waals surface area contributed by atoms with Crippen LogP contribution in [-0.4, -0.2) is 42.0 Å². The van der Waals surface area contributed by atoms with E-state index in [1.807, 2.05) is 11.8 Å². The summed E-state index contributed by atoms with van der Waals surface area (Å²) in [6.45, 7) is 5.53. The molecular formula is C16H24ClN3O2. The number of halogens is 1. The Labute approximate surface area is 136 Å². The van der Waals surface area contributed by atoms with Crippen molar-refractivity contribution in [3.05, 3.63) is 33.7 Å². The SMILES string of the molecule is Cc1ccc(C(=O)N2CCC3(CCNCC3)CC2)c(=O)[nH]1.Cl. The van der Waals surface area contributed by atoms with Crippen molar-refractivity contribution in [3.63, 3.8) is 0 Å². The number of likely N-dealkylation sites (tertiary alicyclic amines) is 1. The van der Waals surface area contributed by atoms with Crippen molar-refractivity contribution in [2.45, 2.75) is 32.6 Å². The molecule has 2 fully saturated rings. The summed E-state index contributed by atoms with van der Waals surface area (Å²) >= 11 is 0. The van der Waals surface area contributed by atoms with E-state index in [1.54, 1.807) is 12.1 Å². The van der Waals surface area contributed by atoms with Crippen molar-refractivity contribution in [2.24, 2.45) is 5.41 Å². The number of rotatable bonds is 1. The minimum Gasteiger partial charge on any atom is -0.338 e. The molecule has 1 amide bonds. The molecular weight excluding hydrogens is 302 g/mol. The lowest BCUT2D eigenvalue weighted by atomic mass is 9.71. The quantitative estimate of drug-likeness (QED) is 0.826. The first-order valence-corrected chi connectivity index (χ1v) is 7.80. The topological polar surface area (TPSA) is 65.2 Å². The highest BCUT2D eigenvalue weighted by Crippen LogP contribution is 2.39. The lowest BCUT2D eigenvalue weighted by molar-refractivity contribution is 0.0494. The lowest BCUT2D eigenvalue weighted by Crippen LogP contribution is -2.48. The fraction of sp³-hybridized carbons (Fsp3) is 0.625. The number of H-pyrrole nitrogens is 1. The van der Waals surface area contributed by atoms with Gasteiger partial charge in [-0.1, -0.05) is 0 Å². The average Bonchev–Trinajstić information content (AvgIpc) is 2.48. The molecule has 3 heterocycles. The van der Waals surface area contributed by atoms with Gasteiger partial charge in [-0.05, 0) is 63.2 Å². The smallest absolute Gasteiger partial charge is 0.260 e. The van der Waals surface area contributed by atoms with Crippen LogP contribution < -0.4 is 10.9 Å². The maximum atomic E-state index is 12.5. The number of hydrogen-bond donors (Lipinski definition) is 2. The summed E-state index contributed by atoms with van der Waals surface area (Å²) in [6, 6.07) is 3.43. The number of aromatic amines is 1. The highest BCUT2D eigenvalue weighted by molar-refractivity contribution is 5.93. The molecule has 2 aliphatic heterocycles. The van der Waals surface area contributed by atoms with Crippen molar-refractivity contribution in [3.8, 4) is 0 Å². The van der Waals surface area contributed by atoms with Crippen LogP contribution in [-0.2, 0) is 0 Å². The third kappa shape index (κ3) is 3.36. The monoisotopic (exact) mass is 325 g/mol. The molecule has 3 rings (SSSR count). The Bertz CT molecular complexity index is 583. The normalized spacial score (nSPS) is 20.5. The van der Waals surface area contributed by atoms with Crippen LogP contribution in [0, 0.1) is 12.3 Å². The molecule has 0 saturated carbocycles. The van der Waals surface area contributed by atoms with Gasteiger partial charge in [-0.15, -0.1) is 12.4 Å². The van der Waals surface area contributed by atoms with Gasteiger partial charge in [0.15, 0.2) is 0 Å². The molecule has 0 unspecified atom stereocenters. The van der Waals surface area contributed by atoms with Crippen molar-refractivity contribution in [1.82, 2.24) is 15.2 Å². The van der Waals surface area contributed by atoms with E-state index in [9.17, 15) is 9.59 Å². The van der Waals surface area contributed by atoms with Crippen molar-refractivity contribution >= 4 is 18.3 Å². The van der Waals surface area contributed by atoms with E-state index in [4.69, 9.17) is 0 Å². The highest BCUT2D eigenvalue weighted by Gasteiger charge is 2.37. The van der Waals surface area contributed by atoms with Gasteiger partial charge in [0.1, 0.15) is 5.56 Å². The van der Waals surface area contributed by atoms with Crippen LogP contribution in [0.4, 0.5) is 0 Å². The first-order valence-electron chi connectivity index (χ1n) is 7.80. The molecule has 122 valence electrons. The van der Waals surface area contributed by atoms with Gasteiger partial charge in [-0.3, -0.25) is 9.59 Å². The minimum atomic E-state index is -0.276. The van der Waals surface area contributed by atoms with E-state index < -0.39 is 0 Å². The Hall–Kier alpha value is -1.33. The van der Waals surface area contributed by atoms with Crippen molar-refractivity contribution < 1.29 is 4.79 Å². The molecule has 0 bridgehead atoms. The van der Waals surface area contributed by atoms with Gasteiger partial charge in [0, 0.05) is 18.8 Å². The van der Waals surface area contributed by atoms with E-state index in [2.05, 4.69) is 10.3 Å². The van der Waals surface area contributed by atoms with E-state index in [-0.39, 0.29) is 29.4 Å². The third-order valence-electron chi connectivity index (χ3n) is 5.06. The lowest BCUT2D eigenvalue weighted by Gasteiger charge is -2.44. The van der Waals surface area contributed by atoms with Gasteiger partial charge < -0.3 is 15.2 Å². The first kappa shape index (κ1) is 17.0. The standard InChI is InChI=1S/C16H23N3O2.ClH/c1-12-2-3-13(14(20)18-12)15(21)19-10-6-16(7-11-19)4-8-17-9-5-16;/h2-3,17H,4-11H2,1H3,(H,18,20);1H. The molecule has 1 aromatic heterocycles. The number of piperidine rings is 2. The van der Waals surface area contributed by atoms with E-state index in [0.29, 0.717) is 5.41 Å². The maximum Gasteiger partial charge on any atom is 0.260 e. The van der Waals surface area contributed by atoms with Crippen LogP contribution >= 0.6 is 12.4 Å². The van der Waals surface area contributed by atoms with Crippen LogP contribution in [0.5, 0.6) is 0 Å². The van der Waals surface area contributed by atoms with Gasteiger partial charge in [0.05, 0.1) is 0 Å². The van der Waals surface area contributed by atoms with Gasteiger partial charge in [0.2, 0.25) is 0 Å². The van der Waals surface area contributed by atoms with E-state index in [0.717, 1.165) is 44.7 Å². The maximum absolute atomic E-state index is 12.5. The molecule has 22 heavy (non-hydrogen) atoms.